The van der Waals surface area contributed by atoms with Crippen molar-refractivity contribution in [2.24, 2.45) is 0 Å². The monoisotopic (exact) mass is 476 g/mol. The highest BCUT2D eigenvalue weighted by Gasteiger charge is 2.20. The lowest BCUT2D eigenvalue weighted by atomic mass is 9.97. The van der Waals surface area contributed by atoms with Crippen LogP contribution in [-0.2, 0) is 13.0 Å². The van der Waals surface area contributed by atoms with Gasteiger partial charge in [-0.15, -0.1) is 11.3 Å². The van der Waals surface area contributed by atoms with Crippen molar-refractivity contribution in [2.75, 3.05) is 6.54 Å². The summed E-state index contributed by atoms with van der Waals surface area (Å²) in [6.07, 6.45) is 13.2. The molecule has 0 fully saturated rings. The summed E-state index contributed by atoms with van der Waals surface area (Å²) in [6, 6.07) is 6.18. The molecule has 0 bridgehead atoms. The number of hydrogen-bond acceptors (Lipinski definition) is 4. The van der Waals surface area contributed by atoms with Gasteiger partial charge in [-0.3, -0.25) is 9.78 Å². The van der Waals surface area contributed by atoms with Crippen molar-refractivity contribution < 1.29 is 4.79 Å². The number of aryl methyl sites for hydroxylation is 1. The number of carbonyl (C=O) groups is 1. The van der Waals surface area contributed by atoms with Crippen LogP contribution in [0.15, 0.2) is 41.4 Å². The van der Waals surface area contributed by atoms with Gasteiger partial charge in [0.2, 0.25) is 0 Å². The Hall–Kier alpha value is -2.73. The number of amides is 1. The van der Waals surface area contributed by atoms with Crippen molar-refractivity contribution in [1.82, 2.24) is 19.9 Å². The molecule has 0 saturated heterocycles. The maximum absolute atomic E-state index is 13.0. The fourth-order valence-electron chi connectivity index (χ4n) is 4.56. The molecule has 1 amide bonds. The minimum absolute atomic E-state index is 0.0139. The van der Waals surface area contributed by atoms with E-state index in [1.165, 1.54) is 25.7 Å². The standard InChI is InChI=1S/C28H36N4OS/c1-4-6-14-30-27(33)24-18-26(32(20(24)3)16-13-21-10-8-7-9-11-21)25-19-34-28(31-25)22-12-15-29-23(5-2)17-22/h10,12,15,17-19H,4-9,11,13-14,16H2,1-3H3,(H,30,33). The fraction of sp³-hybridized carbons (Fsp3) is 0.464. The zero-order valence-corrected chi connectivity index (χ0v) is 21.5. The van der Waals surface area contributed by atoms with E-state index in [1.54, 1.807) is 16.9 Å². The summed E-state index contributed by atoms with van der Waals surface area (Å²) >= 11 is 1.65. The molecule has 1 aliphatic carbocycles. The minimum atomic E-state index is 0.0139. The molecule has 1 aliphatic rings. The van der Waals surface area contributed by atoms with Crippen LogP contribution in [0.2, 0.25) is 0 Å². The van der Waals surface area contributed by atoms with E-state index >= 15 is 0 Å². The van der Waals surface area contributed by atoms with Crippen LogP contribution in [0.5, 0.6) is 0 Å². The first kappa shape index (κ1) is 24.4. The largest absolute Gasteiger partial charge is 0.352 e. The minimum Gasteiger partial charge on any atom is -0.352 e. The molecule has 0 saturated carbocycles. The van der Waals surface area contributed by atoms with Gasteiger partial charge < -0.3 is 9.88 Å². The lowest BCUT2D eigenvalue weighted by Gasteiger charge is -2.15. The van der Waals surface area contributed by atoms with E-state index in [-0.39, 0.29) is 5.91 Å². The maximum atomic E-state index is 13.0. The van der Waals surface area contributed by atoms with Crippen LogP contribution in [0, 0.1) is 6.92 Å². The first-order valence-electron chi connectivity index (χ1n) is 12.7. The van der Waals surface area contributed by atoms with Crippen LogP contribution < -0.4 is 5.32 Å². The predicted octanol–water partition coefficient (Wildman–Crippen LogP) is 6.96. The molecule has 0 unspecified atom stereocenters. The summed E-state index contributed by atoms with van der Waals surface area (Å²) in [5.74, 6) is 0.0139. The highest BCUT2D eigenvalue weighted by Crippen LogP contribution is 2.32. The Bertz CT molecular complexity index is 1160. The van der Waals surface area contributed by atoms with Crippen LogP contribution >= 0.6 is 11.3 Å². The second-order valence-electron chi connectivity index (χ2n) is 9.08. The Morgan fingerprint density at radius 1 is 1.24 bits per heavy atom. The summed E-state index contributed by atoms with van der Waals surface area (Å²) in [6.45, 7) is 7.90. The molecule has 3 heterocycles. The van der Waals surface area contributed by atoms with Gasteiger partial charge in [0.05, 0.1) is 17.0 Å². The summed E-state index contributed by atoms with van der Waals surface area (Å²) in [7, 11) is 0. The second-order valence-corrected chi connectivity index (χ2v) is 9.93. The van der Waals surface area contributed by atoms with Gasteiger partial charge in [-0.05, 0) is 70.1 Å². The molecule has 0 radical (unpaired) electrons. The number of pyridine rings is 1. The number of nitrogens with one attached hydrogen (secondary N) is 1. The zero-order chi connectivity index (χ0) is 23.9. The van der Waals surface area contributed by atoms with Gasteiger partial charge in [0.25, 0.3) is 5.91 Å². The van der Waals surface area contributed by atoms with Gasteiger partial charge in [0.1, 0.15) is 5.01 Å². The average molecular weight is 477 g/mol. The van der Waals surface area contributed by atoms with Crippen LogP contribution in [0.4, 0.5) is 0 Å². The summed E-state index contributed by atoms with van der Waals surface area (Å²) in [5.41, 5.74) is 7.46. The number of unbranched alkanes of at least 4 members (excludes halogenated alkanes) is 1. The SMILES string of the molecule is CCCCNC(=O)c1cc(-c2csc(-c3ccnc(CC)c3)n2)n(CCC2=CCCCC2)c1C. The molecule has 3 aromatic heterocycles. The van der Waals surface area contributed by atoms with Crippen molar-refractivity contribution in [3.63, 3.8) is 0 Å². The van der Waals surface area contributed by atoms with E-state index in [9.17, 15) is 4.79 Å². The normalized spacial score (nSPS) is 13.7. The van der Waals surface area contributed by atoms with Crippen molar-refractivity contribution in [3.05, 3.63) is 58.4 Å². The number of nitrogens with zero attached hydrogens (tertiary/aromatic N) is 3. The Labute approximate surface area is 207 Å². The maximum Gasteiger partial charge on any atom is 0.253 e. The average Bonchev–Trinajstić information content (AvgIpc) is 3.48. The highest BCUT2D eigenvalue weighted by molar-refractivity contribution is 7.13. The van der Waals surface area contributed by atoms with Gasteiger partial charge in [-0.25, -0.2) is 4.98 Å². The molecule has 3 aromatic rings. The van der Waals surface area contributed by atoms with Crippen molar-refractivity contribution >= 4 is 17.2 Å². The molecule has 4 rings (SSSR count). The lowest BCUT2D eigenvalue weighted by molar-refractivity contribution is 0.0952. The molecule has 0 aromatic carbocycles. The lowest BCUT2D eigenvalue weighted by Crippen LogP contribution is -2.24. The second kappa shape index (κ2) is 11.6. The van der Waals surface area contributed by atoms with Crippen molar-refractivity contribution in [3.8, 4) is 22.0 Å². The van der Waals surface area contributed by atoms with E-state index in [0.717, 1.165) is 71.1 Å². The molecule has 180 valence electrons. The molecule has 0 aliphatic heterocycles. The van der Waals surface area contributed by atoms with Gasteiger partial charge in [0.15, 0.2) is 0 Å². The molecular formula is C28H36N4OS. The van der Waals surface area contributed by atoms with Gasteiger partial charge in [-0.2, -0.15) is 0 Å². The first-order chi connectivity index (χ1) is 16.6. The number of aromatic nitrogens is 3. The molecule has 0 atom stereocenters. The fourth-order valence-corrected chi connectivity index (χ4v) is 5.38. The Morgan fingerprint density at radius 3 is 2.88 bits per heavy atom. The van der Waals surface area contributed by atoms with Gasteiger partial charge >= 0.3 is 0 Å². The number of thiazole rings is 1. The number of allylic oxidation sites excluding steroid dienone is 2. The highest BCUT2D eigenvalue weighted by atomic mass is 32.1. The Balaban J connectivity index is 1.65. The number of hydrogen-bond donors (Lipinski definition) is 1. The predicted molar refractivity (Wildman–Crippen MR) is 141 cm³/mol. The molecule has 5 nitrogen and oxygen atoms in total. The summed E-state index contributed by atoms with van der Waals surface area (Å²) < 4.78 is 2.30. The molecule has 6 heteroatoms. The van der Waals surface area contributed by atoms with Crippen molar-refractivity contribution in [1.29, 1.82) is 0 Å². The molecular weight excluding hydrogens is 440 g/mol. The van der Waals surface area contributed by atoms with Gasteiger partial charge in [-0.1, -0.05) is 31.9 Å². The molecule has 0 spiro atoms. The van der Waals surface area contributed by atoms with Crippen molar-refractivity contribution in [2.45, 2.75) is 78.7 Å². The zero-order valence-electron chi connectivity index (χ0n) is 20.7. The van der Waals surface area contributed by atoms with E-state index in [4.69, 9.17) is 4.98 Å². The van der Waals surface area contributed by atoms with Crippen LogP contribution in [-0.4, -0.2) is 27.0 Å². The van der Waals surface area contributed by atoms with E-state index in [2.05, 4.69) is 53.2 Å². The third kappa shape index (κ3) is 5.66. The van der Waals surface area contributed by atoms with Crippen LogP contribution in [0.1, 0.15) is 80.5 Å². The third-order valence-electron chi connectivity index (χ3n) is 6.66. The molecule has 1 N–H and O–H groups in total. The topological polar surface area (TPSA) is 59.8 Å². The number of carbonyl (C=O) groups excluding carboxylic acids is 1. The Kier molecular flexibility index (Phi) is 8.33. The summed E-state index contributed by atoms with van der Waals surface area (Å²) in [4.78, 5) is 22.4. The first-order valence-corrected chi connectivity index (χ1v) is 13.6. The third-order valence-corrected chi connectivity index (χ3v) is 7.55. The summed E-state index contributed by atoms with van der Waals surface area (Å²) in [5, 5.41) is 6.20. The van der Waals surface area contributed by atoms with Crippen LogP contribution in [0.3, 0.4) is 0 Å². The van der Waals surface area contributed by atoms with E-state index < -0.39 is 0 Å². The van der Waals surface area contributed by atoms with E-state index in [1.807, 2.05) is 18.3 Å². The van der Waals surface area contributed by atoms with E-state index in [0.29, 0.717) is 6.54 Å². The number of rotatable bonds is 10. The van der Waals surface area contributed by atoms with Crippen LogP contribution in [0.25, 0.3) is 22.0 Å². The Morgan fingerprint density at radius 2 is 2.12 bits per heavy atom. The van der Waals surface area contributed by atoms with Gasteiger partial charge in [0, 0.05) is 41.6 Å². The quantitative estimate of drug-likeness (QED) is 0.254. The smallest absolute Gasteiger partial charge is 0.253 e. The molecule has 34 heavy (non-hydrogen) atoms.